The lowest BCUT2D eigenvalue weighted by atomic mass is 10.3. The molecule has 0 aliphatic carbocycles. The zero-order valence-corrected chi connectivity index (χ0v) is 8.80. The molecule has 1 heterocycles. The summed E-state index contributed by atoms with van der Waals surface area (Å²) in [5, 5.41) is 15.3. The molecule has 2 N–H and O–H groups in total. The molecule has 1 aromatic heterocycles. The van der Waals surface area contributed by atoms with E-state index in [2.05, 4.69) is 10.4 Å². The fourth-order valence-electron chi connectivity index (χ4n) is 1.34. The largest absolute Gasteiger partial charge is 0.508 e. The van der Waals surface area contributed by atoms with Crippen LogP contribution in [0.5, 0.6) is 5.75 Å². The molecule has 88 valence electrons. The predicted octanol–water partition coefficient (Wildman–Crippen LogP) is 1.37. The Bertz CT molecular complexity index is 526. The number of rotatable bonds is 3. The average molecular weight is 235 g/mol. The molecule has 6 heteroatoms. The number of hydrogen-bond acceptors (Lipinski definition) is 3. The van der Waals surface area contributed by atoms with Crippen LogP contribution >= 0.6 is 0 Å². The minimum absolute atomic E-state index is 0.00726. The van der Waals surface area contributed by atoms with E-state index in [1.807, 2.05) is 0 Å². The summed E-state index contributed by atoms with van der Waals surface area (Å²) in [5.41, 5.74) is 0.0277. The first-order valence-electron chi connectivity index (χ1n) is 4.91. The molecule has 1 amide bonds. The van der Waals surface area contributed by atoms with Gasteiger partial charge in [-0.15, -0.1) is 0 Å². The third kappa shape index (κ3) is 2.81. The molecular weight excluding hydrogens is 225 g/mol. The van der Waals surface area contributed by atoms with Gasteiger partial charge in [-0.1, -0.05) is 0 Å². The third-order valence-electron chi connectivity index (χ3n) is 2.09. The van der Waals surface area contributed by atoms with Gasteiger partial charge in [0.1, 0.15) is 18.1 Å². The number of anilines is 1. The predicted molar refractivity (Wildman–Crippen MR) is 58.9 cm³/mol. The van der Waals surface area contributed by atoms with E-state index >= 15 is 0 Å². The van der Waals surface area contributed by atoms with E-state index in [0.29, 0.717) is 0 Å². The SMILES string of the molecule is O=C(Cn1cccn1)Nc1ccc(O)cc1F. The summed E-state index contributed by atoms with van der Waals surface area (Å²) < 4.78 is 14.7. The van der Waals surface area contributed by atoms with E-state index < -0.39 is 11.7 Å². The first-order valence-corrected chi connectivity index (χ1v) is 4.91. The van der Waals surface area contributed by atoms with Crippen LogP contribution in [-0.4, -0.2) is 20.8 Å². The highest BCUT2D eigenvalue weighted by Gasteiger charge is 2.08. The number of nitrogens with zero attached hydrogens (tertiary/aromatic N) is 2. The van der Waals surface area contributed by atoms with Gasteiger partial charge in [0, 0.05) is 18.5 Å². The highest BCUT2D eigenvalue weighted by molar-refractivity contribution is 5.90. The number of aromatic hydroxyl groups is 1. The quantitative estimate of drug-likeness (QED) is 0.789. The number of nitrogens with one attached hydrogen (secondary N) is 1. The van der Waals surface area contributed by atoms with Gasteiger partial charge in [-0.05, 0) is 18.2 Å². The van der Waals surface area contributed by atoms with Crippen LogP contribution in [0.2, 0.25) is 0 Å². The monoisotopic (exact) mass is 235 g/mol. The van der Waals surface area contributed by atoms with Crippen LogP contribution in [0.1, 0.15) is 0 Å². The maximum atomic E-state index is 13.3. The van der Waals surface area contributed by atoms with Crippen molar-refractivity contribution in [2.45, 2.75) is 6.54 Å². The van der Waals surface area contributed by atoms with Gasteiger partial charge in [-0.25, -0.2) is 4.39 Å². The third-order valence-corrected chi connectivity index (χ3v) is 2.09. The van der Waals surface area contributed by atoms with E-state index in [0.717, 1.165) is 6.07 Å². The van der Waals surface area contributed by atoms with Gasteiger partial charge in [0.2, 0.25) is 5.91 Å². The topological polar surface area (TPSA) is 67.2 Å². The van der Waals surface area contributed by atoms with Crippen LogP contribution in [-0.2, 0) is 11.3 Å². The van der Waals surface area contributed by atoms with Crippen molar-refractivity contribution in [2.24, 2.45) is 0 Å². The van der Waals surface area contributed by atoms with Gasteiger partial charge < -0.3 is 10.4 Å². The molecule has 17 heavy (non-hydrogen) atoms. The van der Waals surface area contributed by atoms with Gasteiger partial charge in [0.25, 0.3) is 0 Å². The van der Waals surface area contributed by atoms with E-state index in [-0.39, 0.29) is 18.0 Å². The van der Waals surface area contributed by atoms with Crippen molar-refractivity contribution in [3.05, 3.63) is 42.5 Å². The Morgan fingerprint density at radius 3 is 3.00 bits per heavy atom. The molecule has 0 aliphatic heterocycles. The van der Waals surface area contributed by atoms with Crippen molar-refractivity contribution in [1.82, 2.24) is 9.78 Å². The zero-order valence-electron chi connectivity index (χ0n) is 8.80. The van der Waals surface area contributed by atoms with Gasteiger partial charge in [0.05, 0.1) is 5.69 Å². The molecule has 0 bridgehead atoms. The van der Waals surface area contributed by atoms with Crippen molar-refractivity contribution >= 4 is 11.6 Å². The number of carbonyl (C=O) groups is 1. The second-order valence-electron chi connectivity index (χ2n) is 3.42. The second-order valence-corrected chi connectivity index (χ2v) is 3.42. The Morgan fingerprint density at radius 2 is 2.35 bits per heavy atom. The Kier molecular flexibility index (Phi) is 3.04. The lowest BCUT2D eigenvalue weighted by Crippen LogP contribution is -2.19. The average Bonchev–Trinajstić information content (AvgIpc) is 2.75. The van der Waals surface area contributed by atoms with E-state index in [1.165, 1.54) is 16.8 Å². The molecule has 0 radical (unpaired) electrons. The van der Waals surface area contributed by atoms with Gasteiger partial charge in [-0.3, -0.25) is 9.48 Å². The number of amides is 1. The minimum atomic E-state index is -0.682. The molecule has 0 atom stereocenters. The fraction of sp³-hybridized carbons (Fsp3) is 0.0909. The zero-order chi connectivity index (χ0) is 12.3. The van der Waals surface area contributed by atoms with Crippen LogP contribution in [0.15, 0.2) is 36.7 Å². The lowest BCUT2D eigenvalue weighted by molar-refractivity contribution is -0.116. The normalized spacial score (nSPS) is 10.2. The summed E-state index contributed by atoms with van der Waals surface area (Å²) in [6.07, 6.45) is 3.18. The molecule has 0 fully saturated rings. The Balaban J connectivity index is 2.03. The van der Waals surface area contributed by atoms with E-state index in [4.69, 9.17) is 5.11 Å². The lowest BCUT2D eigenvalue weighted by Gasteiger charge is -2.06. The number of hydrogen-bond donors (Lipinski definition) is 2. The van der Waals surface area contributed by atoms with Crippen LogP contribution in [0.25, 0.3) is 0 Å². The van der Waals surface area contributed by atoms with Crippen molar-refractivity contribution in [3.63, 3.8) is 0 Å². The number of benzene rings is 1. The van der Waals surface area contributed by atoms with Crippen LogP contribution in [0.3, 0.4) is 0 Å². The molecule has 0 saturated heterocycles. The Morgan fingerprint density at radius 1 is 1.53 bits per heavy atom. The molecule has 5 nitrogen and oxygen atoms in total. The highest BCUT2D eigenvalue weighted by Crippen LogP contribution is 2.19. The summed E-state index contributed by atoms with van der Waals surface area (Å²) in [7, 11) is 0. The van der Waals surface area contributed by atoms with Crippen LogP contribution in [0, 0.1) is 5.82 Å². The summed E-state index contributed by atoms with van der Waals surface area (Å²) in [5.74, 6) is -1.26. The van der Waals surface area contributed by atoms with Crippen molar-refractivity contribution in [3.8, 4) is 5.75 Å². The van der Waals surface area contributed by atoms with Crippen molar-refractivity contribution in [2.75, 3.05) is 5.32 Å². The maximum absolute atomic E-state index is 13.3. The van der Waals surface area contributed by atoms with E-state index in [9.17, 15) is 9.18 Å². The molecule has 0 unspecified atom stereocenters. The minimum Gasteiger partial charge on any atom is -0.508 e. The fourth-order valence-corrected chi connectivity index (χ4v) is 1.34. The summed E-state index contributed by atoms with van der Waals surface area (Å²) in [6, 6.07) is 5.22. The smallest absolute Gasteiger partial charge is 0.246 e. The number of phenolic OH excluding ortho intramolecular Hbond substituents is 1. The first-order chi connectivity index (χ1) is 8.15. The second kappa shape index (κ2) is 4.65. The van der Waals surface area contributed by atoms with E-state index in [1.54, 1.807) is 18.5 Å². The molecule has 2 rings (SSSR count). The van der Waals surface area contributed by atoms with Crippen LogP contribution in [0.4, 0.5) is 10.1 Å². The Hall–Kier alpha value is -2.37. The highest BCUT2D eigenvalue weighted by atomic mass is 19.1. The Labute approximate surface area is 96.5 Å². The molecule has 2 aromatic rings. The number of halogens is 1. The molecule has 0 saturated carbocycles. The molecule has 0 aliphatic rings. The number of aromatic nitrogens is 2. The van der Waals surface area contributed by atoms with Crippen molar-refractivity contribution < 1.29 is 14.3 Å². The standard InChI is InChI=1S/C11H10FN3O2/c12-9-6-8(16)2-3-10(9)14-11(17)7-15-5-1-4-13-15/h1-6,16H,7H2,(H,14,17). The first kappa shape index (κ1) is 11.1. The van der Waals surface area contributed by atoms with Gasteiger partial charge in [-0.2, -0.15) is 5.10 Å². The van der Waals surface area contributed by atoms with Gasteiger partial charge in [0.15, 0.2) is 0 Å². The van der Waals surface area contributed by atoms with Gasteiger partial charge >= 0.3 is 0 Å². The number of carbonyl (C=O) groups excluding carboxylic acids is 1. The molecule has 1 aromatic carbocycles. The van der Waals surface area contributed by atoms with Crippen LogP contribution < -0.4 is 5.32 Å². The summed E-state index contributed by atoms with van der Waals surface area (Å²) in [6.45, 7) is 0.00726. The van der Waals surface area contributed by atoms with Crippen molar-refractivity contribution in [1.29, 1.82) is 0 Å². The summed E-state index contributed by atoms with van der Waals surface area (Å²) in [4.78, 5) is 11.5. The summed E-state index contributed by atoms with van der Waals surface area (Å²) >= 11 is 0. The number of phenols is 1. The molecule has 0 spiro atoms. The molecular formula is C11H10FN3O2. The maximum Gasteiger partial charge on any atom is 0.246 e.